The zero-order chi connectivity index (χ0) is 12.4. The lowest BCUT2D eigenvalue weighted by molar-refractivity contribution is 0.419. The van der Waals surface area contributed by atoms with Gasteiger partial charge in [0.25, 0.3) is 5.89 Å². The topological polar surface area (TPSA) is 51.0 Å². The summed E-state index contributed by atoms with van der Waals surface area (Å²) in [5.74, 6) is 1.38. The summed E-state index contributed by atoms with van der Waals surface area (Å²) < 4.78 is 5.29. The Balaban J connectivity index is 0.00000162. The van der Waals surface area contributed by atoms with Crippen LogP contribution >= 0.6 is 23.7 Å². The average Bonchev–Trinajstić information content (AvgIpc) is 2.87. The van der Waals surface area contributed by atoms with E-state index in [0.29, 0.717) is 11.9 Å². The molecule has 18 heavy (non-hydrogen) atoms. The minimum atomic E-state index is 0. The van der Waals surface area contributed by atoms with E-state index in [2.05, 4.69) is 42.3 Å². The second kappa shape index (κ2) is 6.31. The molecule has 1 unspecified atom stereocenters. The summed E-state index contributed by atoms with van der Waals surface area (Å²) in [5, 5.41) is 7.16. The van der Waals surface area contributed by atoms with E-state index in [9.17, 15) is 0 Å². The van der Waals surface area contributed by atoms with E-state index in [1.165, 1.54) is 10.4 Å². The molecule has 4 nitrogen and oxygen atoms in total. The van der Waals surface area contributed by atoms with Crippen LogP contribution in [0.15, 0.2) is 10.6 Å². The molecule has 0 fully saturated rings. The standard InChI is InChI=1S/C12H17N3OS.ClH/c1-7-5-10(17-9(7)3)12-14-11(15-16-12)6-8(2)13-4;/h5,8,13H,6H2,1-4H3;1H. The van der Waals surface area contributed by atoms with Crippen molar-refractivity contribution >= 4 is 23.7 Å². The molecule has 0 spiro atoms. The molecule has 0 aliphatic heterocycles. The third-order valence-corrected chi connectivity index (χ3v) is 3.97. The maximum atomic E-state index is 5.29. The number of likely N-dealkylation sites (N-methyl/N-ethyl adjacent to an activating group) is 1. The van der Waals surface area contributed by atoms with Gasteiger partial charge in [-0.05, 0) is 39.4 Å². The highest BCUT2D eigenvalue weighted by atomic mass is 35.5. The second-order valence-corrected chi connectivity index (χ2v) is 5.52. The van der Waals surface area contributed by atoms with Gasteiger partial charge in [0.05, 0.1) is 4.88 Å². The maximum absolute atomic E-state index is 5.29. The Morgan fingerprint density at radius 3 is 2.72 bits per heavy atom. The fourth-order valence-corrected chi connectivity index (χ4v) is 2.45. The molecule has 6 heteroatoms. The summed E-state index contributed by atoms with van der Waals surface area (Å²) in [4.78, 5) is 6.76. The minimum absolute atomic E-state index is 0. The molecule has 1 atom stereocenters. The Bertz CT molecular complexity index is 490. The summed E-state index contributed by atoms with van der Waals surface area (Å²) in [6, 6.07) is 2.45. The second-order valence-electron chi connectivity index (χ2n) is 4.26. The van der Waals surface area contributed by atoms with E-state index in [1.807, 2.05) is 7.05 Å². The monoisotopic (exact) mass is 287 g/mol. The molecule has 0 saturated carbocycles. The van der Waals surface area contributed by atoms with Crippen molar-refractivity contribution in [3.63, 3.8) is 0 Å². The van der Waals surface area contributed by atoms with Crippen molar-refractivity contribution in [3.05, 3.63) is 22.3 Å². The van der Waals surface area contributed by atoms with Gasteiger partial charge in [0.1, 0.15) is 0 Å². The fraction of sp³-hybridized carbons (Fsp3) is 0.500. The van der Waals surface area contributed by atoms with E-state index in [4.69, 9.17) is 4.52 Å². The van der Waals surface area contributed by atoms with Gasteiger partial charge in [-0.1, -0.05) is 5.16 Å². The van der Waals surface area contributed by atoms with Gasteiger partial charge in [-0.3, -0.25) is 0 Å². The summed E-state index contributed by atoms with van der Waals surface area (Å²) >= 11 is 1.69. The van der Waals surface area contributed by atoms with Gasteiger partial charge in [0.2, 0.25) is 0 Å². The summed E-state index contributed by atoms with van der Waals surface area (Å²) in [5.41, 5.74) is 1.27. The molecule has 100 valence electrons. The Labute approximate surface area is 117 Å². The molecule has 0 bridgehead atoms. The van der Waals surface area contributed by atoms with Crippen molar-refractivity contribution in [3.8, 4) is 10.8 Å². The molecule has 2 heterocycles. The Morgan fingerprint density at radius 1 is 1.44 bits per heavy atom. The van der Waals surface area contributed by atoms with Crippen LogP contribution in [-0.2, 0) is 6.42 Å². The van der Waals surface area contributed by atoms with Crippen molar-refractivity contribution < 1.29 is 4.52 Å². The Kier molecular flexibility index (Phi) is 5.31. The van der Waals surface area contributed by atoms with Gasteiger partial charge < -0.3 is 9.84 Å². The van der Waals surface area contributed by atoms with Crippen LogP contribution in [0.25, 0.3) is 10.8 Å². The highest BCUT2D eigenvalue weighted by molar-refractivity contribution is 7.15. The first kappa shape index (κ1) is 15.1. The molecule has 0 aromatic carbocycles. The normalized spacial score (nSPS) is 12.2. The zero-order valence-electron chi connectivity index (χ0n) is 11.0. The quantitative estimate of drug-likeness (QED) is 0.939. The number of rotatable bonds is 4. The molecule has 2 aromatic rings. The average molecular weight is 288 g/mol. The van der Waals surface area contributed by atoms with E-state index in [-0.39, 0.29) is 12.4 Å². The summed E-state index contributed by atoms with van der Waals surface area (Å²) in [7, 11) is 1.93. The van der Waals surface area contributed by atoms with Crippen LogP contribution in [0.4, 0.5) is 0 Å². The Hall–Kier alpha value is -0.910. The van der Waals surface area contributed by atoms with Crippen molar-refractivity contribution in [2.45, 2.75) is 33.2 Å². The van der Waals surface area contributed by atoms with Crippen LogP contribution in [0.5, 0.6) is 0 Å². The van der Waals surface area contributed by atoms with Crippen molar-refractivity contribution in [2.75, 3.05) is 7.05 Å². The molecule has 0 saturated heterocycles. The van der Waals surface area contributed by atoms with Gasteiger partial charge in [-0.2, -0.15) is 4.98 Å². The molecular weight excluding hydrogens is 270 g/mol. The lowest BCUT2D eigenvalue weighted by Gasteiger charge is -2.04. The number of nitrogens with one attached hydrogen (secondary N) is 1. The fourth-order valence-electron chi connectivity index (χ4n) is 1.49. The SMILES string of the molecule is CNC(C)Cc1noc(-c2cc(C)c(C)s2)n1.Cl. The number of hydrogen-bond acceptors (Lipinski definition) is 5. The number of aromatic nitrogens is 2. The van der Waals surface area contributed by atoms with Crippen molar-refractivity contribution in [2.24, 2.45) is 0 Å². The lowest BCUT2D eigenvalue weighted by Crippen LogP contribution is -2.24. The number of halogens is 1. The highest BCUT2D eigenvalue weighted by Gasteiger charge is 2.13. The predicted molar refractivity (Wildman–Crippen MR) is 76.6 cm³/mol. The van der Waals surface area contributed by atoms with Gasteiger partial charge >= 0.3 is 0 Å². The van der Waals surface area contributed by atoms with Gasteiger partial charge in [-0.25, -0.2) is 0 Å². The van der Waals surface area contributed by atoms with Crippen LogP contribution in [0.1, 0.15) is 23.2 Å². The lowest BCUT2D eigenvalue weighted by atomic mass is 10.2. The maximum Gasteiger partial charge on any atom is 0.268 e. The molecule has 0 radical (unpaired) electrons. The van der Waals surface area contributed by atoms with Gasteiger partial charge in [0, 0.05) is 17.3 Å². The number of aryl methyl sites for hydroxylation is 2. The Morgan fingerprint density at radius 2 is 2.17 bits per heavy atom. The minimum Gasteiger partial charge on any atom is -0.333 e. The molecule has 0 aliphatic rings. The van der Waals surface area contributed by atoms with Gasteiger partial charge in [0.15, 0.2) is 5.82 Å². The van der Waals surface area contributed by atoms with E-state index >= 15 is 0 Å². The first-order valence-electron chi connectivity index (χ1n) is 5.67. The third kappa shape index (κ3) is 3.31. The molecular formula is C12H18ClN3OS. The summed E-state index contributed by atoms with van der Waals surface area (Å²) in [6.45, 7) is 6.29. The predicted octanol–water partition coefficient (Wildman–Crippen LogP) is 2.99. The largest absolute Gasteiger partial charge is 0.333 e. The van der Waals surface area contributed by atoms with Crippen LogP contribution < -0.4 is 5.32 Å². The van der Waals surface area contributed by atoms with Gasteiger partial charge in [-0.15, -0.1) is 23.7 Å². The van der Waals surface area contributed by atoms with Crippen molar-refractivity contribution in [1.29, 1.82) is 0 Å². The zero-order valence-corrected chi connectivity index (χ0v) is 12.6. The van der Waals surface area contributed by atoms with Crippen LogP contribution in [-0.4, -0.2) is 23.2 Å². The van der Waals surface area contributed by atoms with Crippen LogP contribution in [0, 0.1) is 13.8 Å². The van der Waals surface area contributed by atoms with Crippen LogP contribution in [0.2, 0.25) is 0 Å². The smallest absolute Gasteiger partial charge is 0.268 e. The number of nitrogens with zero attached hydrogens (tertiary/aromatic N) is 2. The molecule has 0 amide bonds. The van der Waals surface area contributed by atoms with E-state index in [0.717, 1.165) is 17.1 Å². The van der Waals surface area contributed by atoms with E-state index < -0.39 is 0 Å². The molecule has 2 rings (SSSR count). The molecule has 0 aliphatic carbocycles. The third-order valence-electron chi connectivity index (χ3n) is 2.83. The first-order chi connectivity index (χ1) is 8.10. The molecule has 2 aromatic heterocycles. The van der Waals surface area contributed by atoms with Crippen molar-refractivity contribution in [1.82, 2.24) is 15.5 Å². The first-order valence-corrected chi connectivity index (χ1v) is 6.49. The van der Waals surface area contributed by atoms with E-state index in [1.54, 1.807) is 11.3 Å². The number of thiophene rings is 1. The molecule has 1 N–H and O–H groups in total. The van der Waals surface area contributed by atoms with Crippen LogP contribution in [0.3, 0.4) is 0 Å². The highest BCUT2D eigenvalue weighted by Crippen LogP contribution is 2.29. The number of hydrogen-bond donors (Lipinski definition) is 1. The summed E-state index contributed by atoms with van der Waals surface area (Å²) in [6.07, 6.45) is 0.781.